The van der Waals surface area contributed by atoms with Crippen molar-refractivity contribution in [1.82, 2.24) is 0 Å². The first-order valence-electron chi connectivity index (χ1n) is 8.43. The van der Waals surface area contributed by atoms with Crippen molar-refractivity contribution in [3.63, 3.8) is 0 Å². The Morgan fingerprint density at radius 2 is 1.33 bits per heavy atom. The molecule has 0 bridgehead atoms. The highest BCUT2D eigenvalue weighted by atomic mass is 28.5. The van der Waals surface area contributed by atoms with E-state index in [1.54, 1.807) is 0 Å². The molecule has 0 amide bonds. The van der Waals surface area contributed by atoms with Crippen molar-refractivity contribution in [3.8, 4) is 0 Å². The Balaban J connectivity index is 2.82. The summed E-state index contributed by atoms with van der Waals surface area (Å²) in [5, 5.41) is 0. The zero-order valence-corrected chi connectivity index (χ0v) is 18.7. The molecule has 9 heteroatoms. The molecule has 2 atom stereocenters. The fourth-order valence-electron chi connectivity index (χ4n) is 2.11. The van der Waals surface area contributed by atoms with Crippen LogP contribution < -0.4 is 0 Å². The normalized spacial score (nSPS) is 34.4. The van der Waals surface area contributed by atoms with Gasteiger partial charge in [-0.2, -0.15) is 0 Å². The molecule has 126 valence electrons. The van der Waals surface area contributed by atoms with Crippen molar-refractivity contribution in [3.05, 3.63) is 0 Å². The third kappa shape index (κ3) is 6.35. The Morgan fingerprint density at radius 1 is 0.810 bits per heavy atom. The van der Waals surface area contributed by atoms with Crippen LogP contribution in [0.5, 0.6) is 0 Å². The Morgan fingerprint density at radius 3 is 1.71 bits per heavy atom. The summed E-state index contributed by atoms with van der Waals surface area (Å²) < 4.78 is 31.4. The van der Waals surface area contributed by atoms with Crippen LogP contribution in [0, 0.1) is 0 Å². The molecule has 1 rings (SSSR count). The smallest absolute Gasteiger partial charge is 0.420 e. The molecular weight excluding hydrogens is 336 g/mol. The fourth-order valence-corrected chi connectivity index (χ4v) is 18.0. The van der Waals surface area contributed by atoms with E-state index in [0.29, 0.717) is 0 Å². The van der Waals surface area contributed by atoms with Crippen LogP contribution in [-0.4, -0.2) is 43.3 Å². The number of hydrogen-bond acceptors (Lipinski definition) is 5. The summed E-state index contributed by atoms with van der Waals surface area (Å²) >= 11 is 0. The van der Waals surface area contributed by atoms with Gasteiger partial charge in [0.25, 0.3) is 0 Å². The molecule has 0 radical (unpaired) electrons. The maximum Gasteiger partial charge on any atom is 0.482 e. The fraction of sp³-hybridized carbons (Fsp3) is 1.00. The van der Waals surface area contributed by atoms with E-state index in [9.17, 15) is 0 Å². The average Bonchev–Trinajstić information content (AvgIpc) is 2.49. The monoisotopic (exact) mass is 368 g/mol. The Labute approximate surface area is 136 Å². The van der Waals surface area contributed by atoms with Crippen molar-refractivity contribution in [2.75, 3.05) is 6.61 Å². The molecule has 0 aromatic rings. The summed E-state index contributed by atoms with van der Waals surface area (Å²) in [6.45, 7) is 11.4. The lowest BCUT2D eigenvalue weighted by Crippen LogP contribution is -2.57. The second kappa shape index (κ2) is 10.4. The highest BCUT2D eigenvalue weighted by molar-refractivity contribution is 6.79. The van der Waals surface area contributed by atoms with Crippen LogP contribution in [0.15, 0.2) is 0 Å². The van der Waals surface area contributed by atoms with Gasteiger partial charge >= 0.3 is 36.7 Å². The standard InChI is InChI=1S/C12H32O5Si4/c1-6-11-12-13-21(10-5)16-19(8-3)14-18(7-2)15-20(9-4)17-21/h18-20H,6-12H2,1-5H3. The van der Waals surface area contributed by atoms with Gasteiger partial charge in [-0.15, -0.1) is 0 Å². The molecule has 2 unspecified atom stereocenters. The SMILES string of the molecule is CCCCO[Si]1(CC)O[SiH](CC)O[SiH](CC)O[SiH](CC)O1. The van der Waals surface area contributed by atoms with Crippen LogP contribution in [0.25, 0.3) is 0 Å². The van der Waals surface area contributed by atoms with Crippen molar-refractivity contribution in [1.29, 1.82) is 0 Å². The molecule has 1 aliphatic heterocycles. The van der Waals surface area contributed by atoms with Crippen LogP contribution in [0.3, 0.4) is 0 Å². The Kier molecular flexibility index (Phi) is 9.80. The highest BCUT2D eigenvalue weighted by Crippen LogP contribution is 2.24. The maximum atomic E-state index is 6.39. The summed E-state index contributed by atoms with van der Waals surface area (Å²) in [6, 6.07) is 3.69. The molecule has 0 aliphatic carbocycles. The minimum atomic E-state index is -2.59. The van der Waals surface area contributed by atoms with Gasteiger partial charge in [0.2, 0.25) is 0 Å². The van der Waals surface area contributed by atoms with Crippen LogP contribution in [-0.2, 0) is 20.9 Å². The lowest BCUT2D eigenvalue weighted by Gasteiger charge is -2.39. The third-order valence-corrected chi connectivity index (χ3v) is 16.8. The molecular formula is C12H32O5Si4. The van der Waals surface area contributed by atoms with Crippen LogP contribution in [0.1, 0.15) is 47.5 Å². The molecule has 0 N–H and O–H groups in total. The first kappa shape index (κ1) is 19.7. The van der Waals surface area contributed by atoms with E-state index >= 15 is 0 Å². The van der Waals surface area contributed by atoms with Gasteiger partial charge in [0.15, 0.2) is 0 Å². The van der Waals surface area contributed by atoms with Gasteiger partial charge in [0.05, 0.1) is 0 Å². The van der Waals surface area contributed by atoms with E-state index in [1.165, 1.54) is 0 Å². The van der Waals surface area contributed by atoms with Crippen LogP contribution >= 0.6 is 0 Å². The minimum Gasteiger partial charge on any atom is -0.420 e. The molecule has 5 nitrogen and oxygen atoms in total. The predicted molar refractivity (Wildman–Crippen MR) is 94.3 cm³/mol. The van der Waals surface area contributed by atoms with Crippen molar-refractivity contribution in [2.45, 2.75) is 71.6 Å². The molecule has 0 saturated carbocycles. The summed E-state index contributed by atoms with van der Waals surface area (Å²) in [4.78, 5) is 0. The van der Waals surface area contributed by atoms with Gasteiger partial charge in [-0.05, 0) is 24.6 Å². The lowest BCUT2D eigenvalue weighted by molar-refractivity contribution is 0.134. The average molecular weight is 369 g/mol. The summed E-state index contributed by atoms with van der Waals surface area (Å²) in [7, 11) is -7.62. The van der Waals surface area contributed by atoms with Crippen molar-refractivity contribution >= 4 is 36.7 Å². The highest BCUT2D eigenvalue weighted by Gasteiger charge is 2.46. The second-order valence-electron chi connectivity index (χ2n) is 5.26. The Bertz CT molecular complexity index is 268. The molecule has 1 heterocycles. The van der Waals surface area contributed by atoms with Gasteiger partial charge in [0.1, 0.15) is 0 Å². The second-order valence-corrected chi connectivity index (χ2v) is 16.7. The number of unbranched alkanes of at least 4 members (excludes halogenated alkanes) is 1. The first-order valence-corrected chi connectivity index (χ1v) is 15.6. The minimum absolute atomic E-state index is 0.723. The zero-order valence-electron chi connectivity index (χ0n) is 14.2. The first-order chi connectivity index (χ1) is 10.1. The molecule has 0 aromatic heterocycles. The summed E-state index contributed by atoms with van der Waals surface area (Å²) in [6.07, 6.45) is 2.17. The Hall–Kier alpha value is 0.668. The van der Waals surface area contributed by atoms with Gasteiger partial charge in [-0.3, -0.25) is 0 Å². The van der Waals surface area contributed by atoms with Gasteiger partial charge in [0, 0.05) is 12.7 Å². The largest absolute Gasteiger partial charge is 0.482 e. The molecule has 1 aliphatic rings. The summed E-state index contributed by atoms with van der Waals surface area (Å²) in [5.41, 5.74) is 0. The maximum absolute atomic E-state index is 6.39. The number of rotatable bonds is 8. The molecule has 1 fully saturated rings. The van der Waals surface area contributed by atoms with E-state index in [2.05, 4.69) is 34.6 Å². The molecule has 0 spiro atoms. The van der Waals surface area contributed by atoms with E-state index in [0.717, 1.165) is 43.6 Å². The van der Waals surface area contributed by atoms with Crippen LogP contribution in [0.2, 0.25) is 24.2 Å². The van der Waals surface area contributed by atoms with E-state index in [-0.39, 0.29) is 0 Å². The predicted octanol–water partition coefficient (Wildman–Crippen LogP) is 2.56. The third-order valence-electron chi connectivity index (χ3n) is 3.48. The van der Waals surface area contributed by atoms with Gasteiger partial charge < -0.3 is 20.9 Å². The van der Waals surface area contributed by atoms with E-state index in [1.807, 2.05) is 0 Å². The molecule has 21 heavy (non-hydrogen) atoms. The van der Waals surface area contributed by atoms with E-state index in [4.69, 9.17) is 20.9 Å². The quantitative estimate of drug-likeness (QED) is 0.487. The van der Waals surface area contributed by atoms with E-state index < -0.39 is 36.7 Å². The lowest BCUT2D eigenvalue weighted by atomic mass is 10.4. The number of hydrogen-bond donors (Lipinski definition) is 0. The summed E-state index contributed by atoms with van der Waals surface area (Å²) in [5.74, 6) is 0. The zero-order chi connectivity index (χ0) is 15.7. The van der Waals surface area contributed by atoms with Crippen molar-refractivity contribution in [2.24, 2.45) is 0 Å². The molecule has 1 saturated heterocycles. The van der Waals surface area contributed by atoms with Gasteiger partial charge in [-0.25, -0.2) is 0 Å². The van der Waals surface area contributed by atoms with Crippen molar-refractivity contribution < 1.29 is 20.9 Å². The van der Waals surface area contributed by atoms with Gasteiger partial charge in [-0.1, -0.05) is 41.0 Å². The van der Waals surface area contributed by atoms with Crippen LogP contribution in [0.4, 0.5) is 0 Å². The topological polar surface area (TPSA) is 46.2 Å². The molecule has 0 aromatic carbocycles.